The first-order chi connectivity index (χ1) is 19.4. The third-order valence-electron chi connectivity index (χ3n) is 6.85. The largest absolute Gasteiger partial charge is 0.416 e. The molecule has 1 unspecified atom stereocenters. The molecule has 1 amide bonds. The number of likely N-dealkylation sites (N-methyl/N-ethyl adjacent to an activating group) is 1. The number of rotatable bonds is 8. The van der Waals surface area contributed by atoms with Crippen LogP contribution in [0.3, 0.4) is 0 Å². The van der Waals surface area contributed by atoms with Gasteiger partial charge in [-0.25, -0.2) is 19.1 Å². The molecule has 2 aromatic carbocycles. The number of aliphatic hydroxyl groups excluding tert-OH is 1. The van der Waals surface area contributed by atoms with Crippen LogP contribution < -0.4 is 5.69 Å². The highest BCUT2D eigenvalue weighted by atomic mass is 35.5. The minimum absolute atomic E-state index is 0.0871. The van der Waals surface area contributed by atoms with Gasteiger partial charge in [0.15, 0.2) is 17.8 Å². The highest BCUT2D eigenvalue weighted by Crippen LogP contribution is 2.24. The Kier molecular flexibility index (Phi) is 7.72. The van der Waals surface area contributed by atoms with E-state index in [9.17, 15) is 27.9 Å². The number of aliphatic hydroxyl groups is 1. The van der Waals surface area contributed by atoms with Gasteiger partial charge in [-0.3, -0.25) is 9.36 Å². The standard InChI is InChI=1S/C26H26ClF3N8O3/c1-34(2)18-11-35(12-18)24(40)19-5-3-4-6-20(19)38-15-31-22(32-38)14-37-25(41)36(13-21(39)26(28,29)30)23(33-37)16-7-9-17(27)10-8-16/h3-10,15,18,21,39H,11-14H2,1-2H3. The lowest BCUT2D eigenvalue weighted by molar-refractivity contribution is -0.207. The van der Waals surface area contributed by atoms with Gasteiger partial charge in [-0.1, -0.05) is 23.7 Å². The van der Waals surface area contributed by atoms with Crippen LogP contribution in [-0.4, -0.2) is 95.4 Å². The molecule has 0 aliphatic carbocycles. The van der Waals surface area contributed by atoms with Gasteiger partial charge < -0.3 is 14.9 Å². The van der Waals surface area contributed by atoms with Gasteiger partial charge in [-0.15, -0.1) is 10.2 Å². The minimum Gasteiger partial charge on any atom is -0.382 e. The molecule has 1 atom stereocenters. The Bertz CT molecular complexity index is 1610. The molecule has 1 fully saturated rings. The van der Waals surface area contributed by atoms with Gasteiger partial charge in [0.2, 0.25) is 0 Å². The summed E-state index contributed by atoms with van der Waals surface area (Å²) in [4.78, 5) is 34.3. The minimum atomic E-state index is -4.94. The van der Waals surface area contributed by atoms with E-state index in [0.717, 1.165) is 9.25 Å². The summed E-state index contributed by atoms with van der Waals surface area (Å²) in [5.41, 5.74) is 0.345. The molecule has 216 valence electrons. The molecule has 0 bridgehead atoms. The first-order valence-corrected chi connectivity index (χ1v) is 12.9. The highest BCUT2D eigenvalue weighted by molar-refractivity contribution is 6.30. The zero-order valence-corrected chi connectivity index (χ0v) is 22.8. The summed E-state index contributed by atoms with van der Waals surface area (Å²) in [7, 11) is 3.92. The number of aromatic nitrogens is 6. The van der Waals surface area contributed by atoms with Crippen LogP contribution in [0.25, 0.3) is 17.1 Å². The van der Waals surface area contributed by atoms with Crippen molar-refractivity contribution in [3.05, 3.63) is 81.8 Å². The fraction of sp³-hybridized carbons (Fsp3) is 0.346. The van der Waals surface area contributed by atoms with Gasteiger partial charge in [0.05, 0.1) is 17.8 Å². The highest BCUT2D eigenvalue weighted by Gasteiger charge is 2.39. The van der Waals surface area contributed by atoms with Crippen LogP contribution in [0.4, 0.5) is 13.2 Å². The van der Waals surface area contributed by atoms with Gasteiger partial charge in [-0.05, 0) is 50.5 Å². The summed E-state index contributed by atoms with van der Waals surface area (Å²) < 4.78 is 42.5. The number of hydrogen-bond acceptors (Lipinski definition) is 7. The topological polar surface area (TPSA) is 114 Å². The molecule has 0 saturated carbocycles. The third kappa shape index (κ3) is 5.89. The third-order valence-corrected chi connectivity index (χ3v) is 7.10. The van der Waals surface area contributed by atoms with Crippen molar-refractivity contribution in [2.75, 3.05) is 27.2 Å². The fourth-order valence-corrected chi connectivity index (χ4v) is 4.52. The molecule has 4 aromatic rings. The lowest BCUT2D eigenvalue weighted by Crippen LogP contribution is -2.59. The van der Waals surface area contributed by atoms with Crippen LogP contribution in [0, 0.1) is 0 Å². The molecule has 15 heteroatoms. The summed E-state index contributed by atoms with van der Waals surface area (Å²) in [6.45, 7) is -0.113. The van der Waals surface area contributed by atoms with Crippen molar-refractivity contribution in [3.63, 3.8) is 0 Å². The maximum absolute atomic E-state index is 13.2. The van der Waals surface area contributed by atoms with Crippen molar-refractivity contribution in [2.24, 2.45) is 0 Å². The van der Waals surface area contributed by atoms with Crippen LogP contribution in [-0.2, 0) is 13.1 Å². The van der Waals surface area contributed by atoms with E-state index in [4.69, 9.17) is 11.6 Å². The van der Waals surface area contributed by atoms with Crippen LogP contribution in [0.15, 0.2) is 59.7 Å². The van der Waals surface area contributed by atoms with Crippen molar-refractivity contribution in [2.45, 2.75) is 31.4 Å². The number of likely N-dealkylation sites (tertiary alicyclic amines) is 1. The molecule has 11 nitrogen and oxygen atoms in total. The van der Waals surface area contributed by atoms with Gasteiger partial charge in [-0.2, -0.15) is 13.2 Å². The van der Waals surface area contributed by atoms with E-state index in [0.29, 0.717) is 34.9 Å². The zero-order valence-electron chi connectivity index (χ0n) is 22.0. The molecule has 1 saturated heterocycles. The summed E-state index contributed by atoms with van der Waals surface area (Å²) >= 11 is 5.93. The van der Waals surface area contributed by atoms with E-state index in [2.05, 4.69) is 20.1 Å². The summed E-state index contributed by atoms with van der Waals surface area (Å²) in [6, 6.07) is 13.2. The number of carbonyl (C=O) groups is 1. The molecular formula is C26H26ClF3N8O3. The number of para-hydroxylation sites is 1. The maximum Gasteiger partial charge on any atom is 0.416 e. The molecule has 0 radical (unpaired) electrons. The molecule has 2 aromatic heterocycles. The Morgan fingerprint density at radius 3 is 2.46 bits per heavy atom. The maximum atomic E-state index is 13.2. The summed E-state index contributed by atoms with van der Waals surface area (Å²) in [5, 5.41) is 18.7. The zero-order chi connectivity index (χ0) is 29.5. The number of amides is 1. The molecule has 41 heavy (non-hydrogen) atoms. The quantitative estimate of drug-likeness (QED) is 0.335. The second-order valence-electron chi connectivity index (χ2n) is 9.89. The second kappa shape index (κ2) is 11.1. The van der Waals surface area contributed by atoms with Crippen LogP contribution >= 0.6 is 11.6 Å². The molecular weight excluding hydrogens is 565 g/mol. The van der Waals surface area contributed by atoms with Crippen molar-refractivity contribution >= 4 is 17.5 Å². The van der Waals surface area contributed by atoms with E-state index in [1.54, 1.807) is 29.2 Å². The van der Waals surface area contributed by atoms with E-state index in [1.807, 2.05) is 14.1 Å². The van der Waals surface area contributed by atoms with E-state index >= 15 is 0 Å². The van der Waals surface area contributed by atoms with Crippen LogP contribution in [0.2, 0.25) is 5.02 Å². The van der Waals surface area contributed by atoms with E-state index in [1.165, 1.54) is 35.3 Å². The Morgan fingerprint density at radius 2 is 1.80 bits per heavy atom. The van der Waals surface area contributed by atoms with E-state index in [-0.39, 0.29) is 30.1 Å². The lowest BCUT2D eigenvalue weighted by atomic mass is 10.0. The predicted octanol–water partition coefficient (Wildman–Crippen LogP) is 2.30. The number of alkyl halides is 3. The van der Waals surface area contributed by atoms with Crippen molar-refractivity contribution in [3.8, 4) is 17.1 Å². The Hall–Kier alpha value is -4.01. The van der Waals surface area contributed by atoms with Crippen molar-refractivity contribution in [1.82, 2.24) is 38.9 Å². The molecule has 0 spiro atoms. The molecule has 1 aliphatic rings. The fourth-order valence-electron chi connectivity index (χ4n) is 4.39. The Labute approximate surface area is 237 Å². The second-order valence-corrected chi connectivity index (χ2v) is 10.3. The number of nitrogens with zero attached hydrogens (tertiary/aromatic N) is 8. The van der Waals surface area contributed by atoms with Crippen LogP contribution in [0.1, 0.15) is 16.2 Å². The SMILES string of the molecule is CN(C)C1CN(C(=O)c2ccccc2-n2cnc(Cn3nc(-c4ccc(Cl)cc4)n(CC(O)C(F)(F)F)c3=O)n2)C1. The van der Waals surface area contributed by atoms with Gasteiger partial charge in [0, 0.05) is 29.7 Å². The molecule has 5 rings (SSSR count). The van der Waals surface area contributed by atoms with Crippen LogP contribution in [0.5, 0.6) is 0 Å². The summed E-state index contributed by atoms with van der Waals surface area (Å²) in [5.74, 6) is -0.105. The monoisotopic (exact) mass is 590 g/mol. The Morgan fingerprint density at radius 1 is 1.12 bits per heavy atom. The Balaban J connectivity index is 1.43. The predicted molar refractivity (Wildman–Crippen MR) is 143 cm³/mol. The van der Waals surface area contributed by atoms with E-state index < -0.39 is 24.5 Å². The van der Waals surface area contributed by atoms with Crippen molar-refractivity contribution < 1.29 is 23.1 Å². The molecule has 3 heterocycles. The number of benzene rings is 2. The van der Waals surface area contributed by atoms with Gasteiger partial charge in [0.1, 0.15) is 12.9 Å². The van der Waals surface area contributed by atoms with Gasteiger partial charge in [0.25, 0.3) is 5.91 Å². The van der Waals surface area contributed by atoms with Crippen molar-refractivity contribution in [1.29, 1.82) is 0 Å². The first kappa shape index (κ1) is 28.5. The van der Waals surface area contributed by atoms with Gasteiger partial charge >= 0.3 is 11.9 Å². The number of hydrogen-bond donors (Lipinski definition) is 1. The summed E-state index contributed by atoms with van der Waals surface area (Å²) in [6.07, 6.45) is -6.34. The average Bonchev–Trinajstić information content (AvgIpc) is 3.48. The average molecular weight is 591 g/mol. The number of carbonyl (C=O) groups excluding carboxylic acids is 1. The smallest absolute Gasteiger partial charge is 0.382 e. The first-order valence-electron chi connectivity index (χ1n) is 12.6. The number of halogens is 4. The molecule has 1 aliphatic heterocycles. The molecule has 1 N–H and O–H groups in total. The lowest BCUT2D eigenvalue weighted by Gasteiger charge is -2.42. The normalized spacial score (nSPS) is 14.9.